The quantitative estimate of drug-likeness (QED) is 0.718. The van der Waals surface area contributed by atoms with Crippen molar-refractivity contribution in [2.24, 2.45) is 0 Å². The van der Waals surface area contributed by atoms with E-state index < -0.39 is 6.04 Å². The number of fused-ring (bicyclic) bond motifs is 2. The minimum absolute atomic E-state index is 0.206. The number of hydrogen-bond acceptors (Lipinski definition) is 4. The van der Waals surface area contributed by atoms with E-state index in [0.717, 1.165) is 54.6 Å². The molecular formula is C23H26N4O2. The van der Waals surface area contributed by atoms with Gasteiger partial charge in [0.1, 0.15) is 12.4 Å². The number of anilines is 1. The van der Waals surface area contributed by atoms with E-state index in [1.54, 1.807) is 0 Å². The second-order valence-corrected chi connectivity index (χ2v) is 7.55. The summed E-state index contributed by atoms with van der Waals surface area (Å²) in [4.78, 5) is 35.2. The maximum absolute atomic E-state index is 13.2. The first kappa shape index (κ1) is 19.3. The molecule has 1 amide bonds. The van der Waals surface area contributed by atoms with Crippen molar-refractivity contribution in [1.82, 2.24) is 14.5 Å². The van der Waals surface area contributed by atoms with E-state index in [1.807, 2.05) is 44.2 Å². The minimum atomic E-state index is -0.625. The lowest BCUT2D eigenvalue weighted by atomic mass is 9.95. The van der Waals surface area contributed by atoms with Crippen LogP contribution in [-0.4, -0.2) is 20.4 Å². The van der Waals surface area contributed by atoms with Crippen molar-refractivity contribution in [3.63, 3.8) is 0 Å². The molecule has 3 aromatic rings. The van der Waals surface area contributed by atoms with E-state index >= 15 is 0 Å². The molecule has 1 aliphatic carbocycles. The largest absolute Gasteiger partial charge is 0.324 e. The molecule has 0 spiro atoms. The molecule has 0 saturated carbocycles. The summed E-state index contributed by atoms with van der Waals surface area (Å²) >= 11 is 0. The zero-order valence-electron chi connectivity index (χ0n) is 16.9. The Morgan fingerprint density at radius 1 is 1.21 bits per heavy atom. The molecule has 1 atom stereocenters. The number of benzene rings is 1. The van der Waals surface area contributed by atoms with E-state index in [4.69, 9.17) is 0 Å². The molecule has 4 rings (SSSR count). The summed E-state index contributed by atoms with van der Waals surface area (Å²) in [5, 5.41) is 3.49. The average molecular weight is 390 g/mol. The zero-order chi connectivity index (χ0) is 20.4. The fraction of sp³-hybridized carbons (Fsp3) is 0.391. The number of amides is 1. The van der Waals surface area contributed by atoms with E-state index in [0.29, 0.717) is 17.5 Å². The maximum Gasteiger partial charge on any atom is 0.263 e. The maximum atomic E-state index is 13.2. The third kappa shape index (κ3) is 3.67. The van der Waals surface area contributed by atoms with Crippen LogP contribution in [0.3, 0.4) is 0 Å². The van der Waals surface area contributed by atoms with Gasteiger partial charge in [-0.1, -0.05) is 32.0 Å². The van der Waals surface area contributed by atoms with Crippen LogP contribution < -0.4 is 10.9 Å². The van der Waals surface area contributed by atoms with Gasteiger partial charge in [0.15, 0.2) is 5.65 Å². The summed E-state index contributed by atoms with van der Waals surface area (Å²) in [6.07, 6.45) is 6.90. The molecule has 6 heteroatoms. The van der Waals surface area contributed by atoms with Crippen molar-refractivity contribution >= 4 is 22.6 Å². The predicted octanol–water partition coefficient (Wildman–Crippen LogP) is 3.82. The number of rotatable bonds is 5. The van der Waals surface area contributed by atoms with Gasteiger partial charge in [0.25, 0.3) is 5.56 Å². The number of nitrogens with one attached hydrogen (secondary N) is 1. The van der Waals surface area contributed by atoms with Crippen molar-refractivity contribution in [2.75, 3.05) is 5.32 Å². The Morgan fingerprint density at radius 2 is 2.00 bits per heavy atom. The molecule has 1 aliphatic rings. The predicted molar refractivity (Wildman–Crippen MR) is 114 cm³/mol. The first-order valence-electron chi connectivity index (χ1n) is 10.4. The van der Waals surface area contributed by atoms with Crippen LogP contribution in [0.4, 0.5) is 5.69 Å². The molecule has 6 nitrogen and oxygen atoms in total. The Morgan fingerprint density at radius 3 is 2.79 bits per heavy atom. The minimum Gasteiger partial charge on any atom is -0.324 e. The summed E-state index contributed by atoms with van der Waals surface area (Å²) in [6, 6.07) is 9.04. The number of aromatic nitrogens is 3. The first-order valence-corrected chi connectivity index (χ1v) is 10.4. The molecule has 0 bridgehead atoms. The van der Waals surface area contributed by atoms with Gasteiger partial charge in [-0.3, -0.25) is 14.2 Å². The van der Waals surface area contributed by atoms with Crippen LogP contribution in [0, 0.1) is 0 Å². The molecule has 1 aromatic carbocycles. The van der Waals surface area contributed by atoms with Crippen LogP contribution in [0.2, 0.25) is 0 Å². The van der Waals surface area contributed by atoms with Gasteiger partial charge in [-0.05, 0) is 61.8 Å². The van der Waals surface area contributed by atoms with Gasteiger partial charge in [0.2, 0.25) is 5.91 Å². The summed E-state index contributed by atoms with van der Waals surface area (Å²) in [5.41, 5.74) is 4.30. The normalized spacial score (nSPS) is 14.4. The van der Waals surface area contributed by atoms with Gasteiger partial charge in [-0.2, -0.15) is 0 Å². The molecule has 0 saturated heterocycles. The number of aryl methyl sites for hydroxylation is 3. The number of nitrogens with zero attached hydrogens (tertiary/aromatic N) is 3. The standard InChI is InChI=1S/C23H26N4O2/c1-3-15-9-5-7-11-18(15)26-22(28)20(4-2)27-14-24-21-17(23(27)29)13-16-10-6-8-12-19(16)25-21/h5,7,9,11,13-14,20H,3-4,6,8,10,12H2,1-2H3,(H,26,28)/t20-/m1/s1. The highest BCUT2D eigenvalue weighted by Crippen LogP contribution is 2.23. The van der Waals surface area contributed by atoms with Crippen molar-refractivity contribution in [1.29, 1.82) is 0 Å². The molecule has 1 N–H and O–H groups in total. The van der Waals surface area contributed by atoms with Crippen molar-refractivity contribution in [2.45, 2.75) is 58.4 Å². The van der Waals surface area contributed by atoms with Gasteiger partial charge in [0, 0.05) is 11.4 Å². The monoisotopic (exact) mass is 390 g/mol. The van der Waals surface area contributed by atoms with Crippen molar-refractivity contribution < 1.29 is 4.79 Å². The topological polar surface area (TPSA) is 76.9 Å². The molecule has 2 heterocycles. The Bertz CT molecular complexity index is 1120. The smallest absolute Gasteiger partial charge is 0.263 e. The Kier molecular flexibility index (Phi) is 5.43. The highest BCUT2D eigenvalue weighted by atomic mass is 16.2. The highest BCUT2D eigenvalue weighted by molar-refractivity contribution is 5.94. The molecule has 0 fully saturated rings. The van der Waals surface area contributed by atoms with Gasteiger partial charge < -0.3 is 5.32 Å². The number of carbonyl (C=O) groups is 1. The third-order valence-electron chi connectivity index (χ3n) is 5.73. The van der Waals surface area contributed by atoms with Gasteiger partial charge in [-0.15, -0.1) is 0 Å². The average Bonchev–Trinajstić information content (AvgIpc) is 2.75. The zero-order valence-corrected chi connectivity index (χ0v) is 16.9. The van der Waals surface area contributed by atoms with Gasteiger partial charge in [-0.25, -0.2) is 9.97 Å². The van der Waals surface area contributed by atoms with Crippen molar-refractivity contribution in [3.05, 3.63) is 63.8 Å². The summed E-state index contributed by atoms with van der Waals surface area (Å²) in [5.74, 6) is -0.206. The van der Waals surface area contributed by atoms with Crippen LogP contribution in [0.1, 0.15) is 56.0 Å². The molecule has 150 valence electrons. The molecule has 29 heavy (non-hydrogen) atoms. The van der Waals surface area contributed by atoms with Crippen LogP contribution in [-0.2, 0) is 24.1 Å². The third-order valence-corrected chi connectivity index (χ3v) is 5.73. The Labute approximate surface area is 170 Å². The van der Waals surface area contributed by atoms with E-state index in [1.165, 1.54) is 10.9 Å². The van der Waals surface area contributed by atoms with Gasteiger partial charge in [0.05, 0.1) is 5.39 Å². The number of hydrogen-bond donors (Lipinski definition) is 1. The van der Waals surface area contributed by atoms with E-state index in [2.05, 4.69) is 15.3 Å². The number of pyridine rings is 1. The summed E-state index contributed by atoms with van der Waals surface area (Å²) in [7, 11) is 0. The van der Waals surface area contributed by atoms with Crippen LogP contribution in [0.25, 0.3) is 11.0 Å². The molecule has 0 unspecified atom stereocenters. The fourth-order valence-corrected chi connectivity index (χ4v) is 4.08. The SMILES string of the molecule is CCc1ccccc1NC(=O)[C@@H](CC)n1cnc2nc3c(cc2c1=O)CCCC3. The lowest BCUT2D eigenvalue weighted by Gasteiger charge is -2.20. The first-order chi connectivity index (χ1) is 14.1. The summed E-state index contributed by atoms with van der Waals surface area (Å²) < 4.78 is 1.45. The van der Waals surface area contributed by atoms with Crippen LogP contribution in [0.5, 0.6) is 0 Å². The molecule has 0 radical (unpaired) electrons. The van der Waals surface area contributed by atoms with E-state index in [9.17, 15) is 9.59 Å². The second kappa shape index (κ2) is 8.15. The van der Waals surface area contributed by atoms with E-state index in [-0.39, 0.29) is 11.5 Å². The highest BCUT2D eigenvalue weighted by Gasteiger charge is 2.23. The van der Waals surface area contributed by atoms with Crippen molar-refractivity contribution in [3.8, 4) is 0 Å². The molecule has 2 aromatic heterocycles. The number of carbonyl (C=O) groups excluding carboxylic acids is 1. The Balaban J connectivity index is 1.70. The molecule has 0 aliphatic heterocycles. The van der Waals surface area contributed by atoms with Gasteiger partial charge >= 0.3 is 0 Å². The summed E-state index contributed by atoms with van der Waals surface area (Å²) in [6.45, 7) is 3.95. The number of para-hydroxylation sites is 1. The Hall–Kier alpha value is -3.02. The van der Waals surface area contributed by atoms with Crippen LogP contribution >= 0.6 is 0 Å². The lowest BCUT2D eigenvalue weighted by molar-refractivity contribution is -0.119. The fourth-order valence-electron chi connectivity index (χ4n) is 4.08. The molecular weight excluding hydrogens is 364 g/mol. The van der Waals surface area contributed by atoms with Crippen LogP contribution in [0.15, 0.2) is 41.5 Å². The lowest BCUT2D eigenvalue weighted by Crippen LogP contribution is -2.33. The second-order valence-electron chi connectivity index (χ2n) is 7.55.